The number of halogens is 1. The van der Waals surface area contributed by atoms with E-state index in [1.807, 2.05) is 16.9 Å². The Morgan fingerprint density at radius 3 is 2.23 bits per heavy atom. The van der Waals surface area contributed by atoms with Crippen LogP contribution in [-0.4, -0.2) is 15.7 Å². The van der Waals surface area contributed by atoms with E-state index in [1.165, 1.54) is 56.1 Å². The first-order valence-electron chi connectivity index (χ1n) is 8.50. The fourth-order valence-electron chi connectivity index (χ4n) is 2.70. The standard InChI is InChI=1S/C19H27ClN2/c20-14-10-5-3-1-2-4-7-13-19-15-21-22(17-19)16-18-11-8-6-9-12-18/h6,8-9,11-12,15,17H,1-5,7,10,13-14,16H2. The summed E-state index contributed by atoms with van der Waals surface area (Å²) in [7, 11) is 0. The summed E-state index contributed by atoms with van der Waals surface area (Å²) in [5, 5.41) is 4.46. The van der Waals surface area contributed by atoms with Gasteiger partial charge in [0.25, 0.3) is 0 Å². The van der Waals surface area contributed by atoms with Crippen LogP contribution in [0.5, 0.6) is 0 Å². The summed E-state index contributed by atoms with van der Waals surface area (Å²) < 4.78 is 2.04. The number of aryl methyl sites for hydroxylation is 1. The molecule has 22 heavy (non-hydrogen) atoms. The monoisotopic (exact) mass is 318 g/mol. The molecule has 0 atom stereocenters. The van der Waals surface area contributed by atoms with Gasteiger partial charge in [0.05, 0.1) is 12.7 Å². The van der Waals surface area contributed by atoms with Gasteiger partial charge in [0.2, 0.25) is 0 Å². The smallest absolute Gasteiger partial charge is 0.0659 e. The van der Waals surface area contributed by atoms with Crippen LogP contribution in [0.4, 0.5) is 0 Å². The maximum atomic E-state index is 5.68. The summed E-state index contributed by atoms with van der Waals surface area (Å²) in [6, 6.07) is 10.5. The molecule has 2 nitrogen and oxygen atoms in total. The Balaban J connectivity index is 1.59. The van der Waals surface area contributed by atoms with E-state index in [1.54, 1.807) is 0 Å². The molecule has 120 valence electrons. The average molecular weight is 319 g/mol. The molecule has 0 fully saturated rings. The van der Waals surface area contributed by atoms with E-state index in [-0.39, 0.29) is 0 Å². The Morgan fingerprint density at radius 1 is 0.818 bits per heavy atom. The summed E-state index contributed by atoms with van der Waals surface area (Å²) in [5.41, 5.74) is 2.66. The lowest BCUT2D eigenvalue weighted by Gasteiger charge is -2.01. The van der Waals surface area contributed by atoms with Crippen LogP contribution in [0.2, 0.25) is 0 Å². The summed E-state index contributed by atoms with van der Waals surface area (Å²) in [6.07, 6.45) is 14.4. The molecule has 0 unspecified atom stereocenters. The Hall–Kier alpha value is -1.28. The van der Waals surface area contributed by atoms with Crippen molar-refractivity contribution in [3.8, 4) is 0 Å². The minimum absolute atomic E-state index is 0.812. The van der Waals surface area contributed by atoms with Gasteiger partial charge in [0, 0.05) is 12.1 Å². The van der Waals surface area contributed by atoms with Gasteiger partial charge in [0.1, 0.15) is 0 Å². The van der Waals surface area contributed by atoms with Crippen LogP contribution < -0.4 is 0 Å². The molecule has 0 aliphatic heterocycles. The van der Waals surface area contributed by atoms with Crippen LogP contribution in [0.1, 0.15) is 56.1 Å². The fraction of sp³-hybridized carbons (Fsp3) is 0.526. The van der Waals surface area contributed by atoms with Crippen molar-refractivity contribution < 1.29 is 0 Å². The Labute approximate surface area is 139 Å². The quantitative estimate of drug-likeness (QED) is 0.398. The summed E-state index contributed by atoms with van der Waals surface area (Å²) in [6.45, 7) is 0.863. The molecule has 3 heteroatoms. The highest BCUT2D eigenvalue weighted by Crippen LogP contribution is 2.11. The Morgan fingerprint density at radius 2 is 1.50 bits per heavy atom. The molecule has 0 aliphatic rings. The highest BCUT2D eigenvalue weighted by Gasteiger charge is 2.00. The van der Waals surface area contributed by atoms with Crippen molar-refractivity contribution in [2.75, 3.05) is 5.88 Å². The molecule has 0 amide bonds. The Bertz CT molecular complexity index is 507. The van der Waals surface area contributed by atoms with E-state index in [9.17, 15) is 0 Å². The zero-order chi connectivity index (χ0) is 15.5. The molecule has 1 heterocycles. The van der Waals surface area contributed by atoms with Crippen molar-refractivity contribution in [1.29, 1.82) is 0 Å². The molecule has 0 aliphatic carbocycles. The highest BCUT2D eigenvalue weighted by molar-refractivity contribution is 6.17. The van der Waals surface area contributed by atoms with Crippen molar-refractivity contribution in [3.05, 3.63) is 53.9 Å². The minimum Gasteiger partial charge on any atom is -0.268 e. The van der Waals surface area contributed by atoms with Crippen LogP contribution >= 0.6 is 11.6 Å². The molecule has 2 aromatic rings. The number of unbranched alkanes of at least 4 members (excludes halogenated alkanes) is 6. The van der Waals surface area contributed by atoms with Crippen LogP contribution in [-0.2, 0) is 13.0 Å². The van der Waals surface area contributed by atoms with Crippen LogP contribution in [0.15, 0.2) is 42.7 Å². The first-order chi connectivity index (χ1) is 10.9. The number of rotatable bonds is 11. The third-order valence-electron chi connectivity index (χ3n) is 3.97. The molecule has 0 radical (unpaired) electrons. The van der Waals surface area contributed by atoms with Gasteiger partial charge in [-0.25, -0.2) is 0 Å². The van der Waals surface area contributed by atoms with E-state index in [2.05, 4.69) is 35.6 Å². The minimum atomic E-state index is 0.812. The molecule has 2 rings (SSSR count). The van der Waals surface area contributed by atoms with Gasteiger partial charge in [-0.05, 0) is 30.4 Å². The molecule has 1 aromatic carbocycles. The largest absolute Gasteiger partial charge is 0.268 e. The average Bonchev–Trinajstić information content (AvgIpc) is 2.98. The van der Waals surface area contributed by atoms with E-state index in [4.69, 9.17) is 11.6 Å². The number of alkyl halides is 1. The number of aromatic nitrogens is 2. The van der Waals surface area contributed by atoms with Crippen LogP contribution in [0.3, 0.4) is 0 Å². The van der Waals surface area contributed by atoms with Gasteiger partial charge in [-0.3, -0.25) is 4.68 Å². The summed E-state index contributed by atoms with van der Waals surface area (Å²) in [5.74, 6) is 0.812. The Kier molecular flexibility index (Phi) is 8.11. The van der Waals surface area contributed by atoms with Gasteiger partial charge in [-0.2, -0.15) is 5.10 Å². The second-order valence-corrected chi connectivity index (χ2v) is 6.32. The lowest BCUT2D eigenvalue weighted by molar-refractivity contribution is 0.590. The van der Waals surface area contributed by atoms with Crippen LogP contribution in [0, 0.1) is 0 Å². The number of benzene rings is 1. The molecule has 0 saturated heterocycles. The van der Waals surface area contributed by atoms with Gasteiger partial charge in [0.15, 0.2) is 0 Å². The molecule has 0 saturated carbocycles. The number of hydrogen-bond acceptors (Lipinski definition) is 1. The van der Waals surface area contributed by atoms with Crippen molar-refractivity contribution in [1.82, 2.24) is 9.78 Å². The van der Waals surface area contributed by atoms with Crippen molar-refractivity contribution in [3.63, 3.8) is 0 Å². The second-order valence-electron chi connectivity index (χ2n) is 5.95. The van der Waals surface area contributed by atoms with Crippen LogP contribution in [0.25, 0.3) is 0 Å². The van der Waals surface area contributed by atoms with Crippen molar-refractivity contribution in [2.45, 2.75) is 57.9 Å². The number of nitrogens with zero attached hydrogens (tertiary/aromatic N) is 2. The summed E-state index contributed by atoms with van der Waals surface area (Å²) >= 11 is 5.68. The SMILES string of the molecule is ClCCCCCCCCCc1cnn(Cc2ccccc2)c1. The molecule has 1 aromatic heterocycles. The second kappa shape index (κ2) is 10.4. The summed E-state index contributed by atoms with van der Waals surface area (Å²) in [4.78, 5) is 0. The van der Waals surface area contributed by atoms with Gasteiger partial charge < -0.3 is 0 Å². The molecular weight excluding hydrogens is 292 g/mol. The van der Waals surface area contributed by atoms with Gasteiger partial charge >= 0.3 is 0 Å². The predicted octanol–water partition coefficient (Wildman–Crippen LogP) is 5.44. The van der Waals surface area contributed by atoms with E-state index >= 15 is 0 Å². The molecule has 0 N–H and O–H groups in total. The topological polar surface area (TPSA) is 17.8 Å². The first kappa shape index (κ1) is 17.1. The first-order valence-corrected chi connectivity index (χ1v) is 9.03. The molecular formula is C19H27ClN2. The van der Waals surface area contributed by atoms with E-state index in [0.717, 1.165) is 18.8 Å². The van der Waals surface area contributed by atoms with Crippen molar-refractivity contribution in [2.24, 2.45) is 0 Å². The van der Waals surface area contributed by atoms with Gasteiger partial charge in [-0.1, -0.05) is 62.4 Å². The zero-order valence-corrected chi connectivity index (χ0v) is 14.1. The normalized spacial score (nSPS) is 11.0. The lowest BCUT2D eigenvalue weighted by atomic mass is 10.1. The van der Waals surface area contributed by atoms with Crippen molar-refractivity contribution >= 4 is 11.6 Å². The third-order valence-corrected chi connectivity index (χ3v) is 4.24. The lowest BCUT2D eigenvalue weighted by Crippen LogP contribution is -1.99. The predicted molar refractivity (Wildman–Crippen MR) is 94.5 cm³/mol. The molecule has 0 spiro atoms. The zero-order valence-electron chi connectivity index (χ0n) is 13.4. The molecule has 0 bridgehead atoms. The highest BCUT2D eigenvalue weighted by atomic mass is 35.5. The fourth-order valence-corrected chi connectivity index (χ4v) is 2.89. The maximum Gasteiger partial charge on any atom is 0.0659 e. The number of hydrogen-bond donors (Lipinski definition) is 0. The van der Waals surface area contributed by atoms with Gasteiger partial charge in [-0.15, -0.1) is 11.6 Å². The third kappa shape index (κ3) is 6.65. The maximum absolute atomic E-state index is 5.68. The van der Waals surface area contributed by atoms with E-state index < -0.39 is 0 Å². The van der Waals surface area contributed by atoms with E-state index in [0.29, 0.717) is 0 Å².